The molecule has 2 aliphatic heterocycles. The van der Waals surface area contributed by atoms with Gasteiger partial charge < -0.3 is 48.3 Å². The Morgan fingerprint density at radius 3 is 1.18 bits per heavy atom. The molecule has 0 radical (unpaired) electrons. The van der Waals surface area contributed by atoms with Gasteiger partial charge in [-0.05, 0) is 80.1 Å². The van der Waals surface area contributed by atoms with Gasteiger partial charge in [0.25, 0.3) is 0 Å². The van der Waals surface area contributed by atoms with E-state index in [2.05, 4.69) is 26.0 Å². The molecule has 4 amide bonds. The van der Waals surface area contributed by atoms with E-state index in [0.717, 1.165) is 36.1 Å². The lowest BCUT2D eigenvalue weighted by atomic mass is 9.94. The molecule has 1 N–H and O–H groups in total. The molecule has 16 nitrogen and oxygen atoms in total. The van der Waals surface area contributed by atoms with Gasteiger partial charge in [0, 0.05) is 71.0 Å². The number of carbonyl (C=O) groups is 4. The summed E-state index contributed by atoms with van der Waals surface area (Å²) in [7, 11) is 4.51. The van der Waals surface area contributed by atoms with Crippen molar-refractivity contribution in [3.8, 4) is 0 Å². The smallest absolute Gasteiger partial charge is 0.410 e. The monoisotopic (exact) mass is 1160 g/mol. The summed E-state index contributed by atoms with van der Waals surface area (Å²) >= 11 is 3.18. The Morgan fingerprint density at radius 2 is 0.887 bits per heavy atom. The van der Waals surface area contributed by atoms with Gasteiger partial charge in [0.2, 0.25) is 0 Å². The predicted molar refractivity (Wildman–Crippen MR) is 255 cm³/mol. The van der Waals surface area contributed by atoms with Crippen LogP contribution in [0.5, 0.6) is 0 Å². The van der Waals surface area contributed by atoms with Crippen LogP contribution in [-0.4, -0.2) is 197 Å². The number of hydrogen-bond donors (Lipinski definition) is 1. The third-order valence-electron chi connectivity index (χ3n) is 9.79. The SMILES string of the molecule is CC(C)(C)OC(=O)N1CCC(NCC(F)(F)F)CC1.COCCBr.COCCOC(=O)N(CC(F)(F)F)C1CCCCC1.COCCOC(=O)N(CC(F)(F)F)C1CCN(C(=O)OC(C)(C)C)CC1.Cl.Cl. The lowest BCUT2D eigenvalue weighted by Crippen LogP contribution is -2.52. The van der Waals surface area contributed by atoms with Crippen molar-refractivity contribution < 1.29 is 91.8 Å². The minimum Gasteiger partial charge on any atom is -0.447 e. The summed E-state index contributed by atoms with van der Waals surface area (Å²) in [5.74, 6) is 0. The maximum Gasteiger partial charge on any atom is 0.410 e. The zero-order chi connectivity index (χ0) is 53.1. The Balaban J connectivity index is -0.000000931. The van der Waals surface area contributed by atoms with Gasteiger partial charge in [0.05, 0.1) is 26.4 Å². The Labute approximate surface area is 433 Å². The second-order valence-electron chi connectivity index (χ2n) is 18.1. The first kappa shape index (κ1) is 72.6. The van der Waals surface area contributed by atoms with Gasteiger partial charge in [-0.1, -0.05) is 35.2 Å². The molecule has 2 saturated heterocycles. The third kappa shape index (κ3) is 37.7. The van der Waals surface area contributed by atoms with Crippen molar-refractivity contribution in [3.05, 3.63) is 0 Å². The molecular weight excluding hydrogens is 1080 g/mol. The molecule has 0 aromatic rings. The van der Waals surface area contributed by atoms with E-state index in [1.807, 2.05) is 0 Å². The van der Waals surface area contributed by atoms with Crippen molar-refractivity contribution in [2.24, 2.45) is 0 Å². The largest absolute Gasteiger partial charge is 0.447 e. The zero-order valence-electron chi connectivity index (χ0n) is 42.2. The fraction of sp³-hybridized carbons (Fsp3) is 0.907. The summed E-state index contributed by atoms with van der Waals surface area (Å²) in [5.41, 5.74) is -1.20. The van der Waals surface area contributed by atoms with Crippen molar-refractivity contribution in [3.63, 3.8) is 0 Å². The molecule has 0 unspecified atom stereocenters. The number of hydrogen-bond acceptors (Lipinski definition) is 12. The number of carbonyl (C=O) groups excluding carboxylic acids is 4. The van der Waals surface area contributed by atoms with Gasteiger partial charge in [0.1, 0.15) is 37.5 Å². The topological polar surface area (TPSA) is 158 Å². The summed E-state index contributed by atoms with van der Waals surface area (Å²) in [6.07, 6.45) is -10.6. The summed E-state index contributed by atoms with van der Waals surface area (Å²) in [6.45, 7) is 9.11. The molecule has 0 aromatic carbocycles. The molecule has 71 heavy (non-hydrogen) atoms. The quantitative estimate of drug-likeness (QED) is 0.0761. The molecule has 0 atom stereocenters. The zero-order valence-corrected chi connectivity index (χ0v) is 45.4. The van der Waals surface area contributed by atoms with Crippen LogP contribution in [-0.2, 0) is 33.2 Å². The van der Waals surface area contributed by atoms with Crippen LogP contribution < -0.4 is 5.32 Å². The first-order chi connectivity index (χ1) is 31.8. The average Bonchev–Trinajstić information content (AvgIpc) is 3.23. The van der Waals surface area contributed by atoms with Crippen molar-refractivity contribution in [2.75, 3.05) is 106 Å². The molecule has 2 heterocycles. The molecule has 0 aromatic heterocycles. The highest BCUT2D eigenvalue weighted by atomic mass is 79.9. The third-order valence-corrected chi connectivity index (χ3v) is 10.1. The van der Waals surface area contributed by atoms with Crippen LogP contribution in [0.3, 0.4) is 0 Å². The van der Waals surface area contributed by atoms with Crippen molar-refractivity contribution in [1.29, 1.82) is 0 Å². The molecule has 1 saturated carbocycles. The first-order valence-corrected chi connectivity index (χ1v) is 23.8. The Morgan fingerprint density at radius 1 is 0.535 bits per heavy atom. The fourth-order valence-corrected chi connectivity index (χ4v) is 7.00. The van der Waals surface area contributed by atoms with E-state index in [4.69, 9.17) is 28.4 Å². The second kappa shape index (κ2) is 36.3. The number of piperidine rings is 2. The minimum absolute atomic E-state index is 0. The predicted octanol–water partition coefficient (Wildman–Crippen LogP) is 10.4. The first-order valence-electron chi connectivity index (χ1n) is 22.6. The van der Waals surface area contributed by atoms with Crippen molar-refractivity contribution in [2.45, 2.75) is 147 Å². The van der Waals surface area contributed by atoms with E-state index in [1.54, 1.807) is 48.7 Å². The number of nitrogens with one attached hydrogen (secondary N) is 1. The van der Waals surface area contributed by atoms with Crippen LogP contribution in [0.1, 0.15) is 99.3 Å². The fourth-order valence-electron chi connectivity index (χ4n) is 6.67. The summed E-state index contributed by atoms with van der Waals surface area (Å²) in [5, 5.41) is 3.40. The molecule has 424 valence electrons. The number of ether oxygens (including phenoxy) is 7. The summed E-state index contributed by atoms with van der Waals surface area (Å²) < 4.78 is 146. The minimum atomic E-state index is -4.54. The molecule has 28 heteroatoms. The lowest BCUT2D eigenvalue weighted by Gasteiger charge is -2.38. The molecule has 3 rings (SSSR count). The van der Waals surface area contributed by atoms with Crippen LogP contribution in [0, 0.1) is 0 Å². The van der Waals surface area contributed by atoms with Gasteiger partial charge in [-0.2, -0.15) is 39.5 Å². The van der Waals surface area contributed by atoms with E-state index in [-0.39, 0.29) is 89.3 Å². The highest BCUT2D eigenvalue weighted by molar-refractivity contribution is 9.09. The number of amides is 4. The van der Waals surface area contributed by atoms with Gasteiger partial charge >= 0.3 is 42.9 Å². The number of methoxy groups -OCH3 is 3. The lowest BCUT2D eigenvalue weighted by molar-refractivity contribution is -0.149. The van der Waals surface area contributed by atoms with Gasteiger partial charge in [0.15, 0.2) is 0 Å². The average molecular weight is 1160 g/mol. The molecule has 3 fully saturated rings. The number of nitrogens with zero attached hydrogens (tertiary/aromatic N) is 4. The van der Waals surface area contributed by atoms with Crippen molar-refractivity contribution >= 4 is 65.1 Å². The van der Waals surface area contributed by atoms with Crippen molar-refractivity contribution in [1.82, 2.24) is 24.9 Å². The van der Waals surface area contributed by atoms with Crippen LogP contribution >= 0.6 is 40.7 Å². The molecular formula is C43H77BrCl2F9N5O11. The number of halogens is 12. The number of likely N-dealkylation sites (tertiary alicyclic amines) is 2. The number of rotatable bonds is 14. The standard InChI is InChI=1S/C16H27F3N2O5.C12H21F3N2O2.C12H20F3NO3.C3H7BrO.2ClH/c1-15(2,3)26-13(22)20-7-5-12(6-8-20)21(11-16(17,18)19)14(23)25-10-9-24-4;1-11(2,3)19-10(18)17-6-4-9(5-7-17)16-8-12(13,14)15;1-18-7-8-19-11(17)16(9-12(13,14)15)10-5-3-2-4-6-10;1-5-3-2-4;;/h12H,5-11H2,1-4H3;9,16H,4-8H2,1-3H3;10H,2-9H2,1H3;2-3H2,1H3;2*1H. The van der Waals surface area contributed by atoms with Gasteiger partial charge in [-0.15, -0.1) is 24.8 Å². The Kier molecular flexibility index (Phi) is 37.1. The maximum absolute atomic E-state index is 12.8. The van der Waals surface area contributed by atoms with Crippen LogP contribution in [0.4, 0.5) is 58.7 Å². The number of alkyl halides is 10. The molecule has 3 aliphatic rings. The Bertz CT molecular complexity index is 1450. The summed E-state index contributed by atoms with van der Waals surface area (Å²) in [6, 6.07) is -1.23. The Hall–Kier alpha value is -2.65. The molecule has 1 aliphatic carbocycles. The van der Waals surface area contributed by atoms with Gasteiger partial charge in [-0.3, -0.25) is 9.80 Å². The van der Waals surface area contributed by atoms with Crippen LogP contribution in [0.25, 0.3) is 0 Å². The van der Waals surface area contributed by atoms with E-state index >= 15 is 0 Å². The van der Waals surface area contributed by atoms with E-state index in [0.29, 0.717) is 43.7 Å². The normalized spacial score (nSPS) is 16.2. The molecule has 0 spiro atoms. The second-order valence-corrected chi connectivity index (χ2v) is 18.9. The van der Waals surface area contributed by atoms with E-state index < -0.39 is 79.8 Å². The van der Waals surface area contributed by atoms with Gasteiger partial charge in [-0.25, -0.2) is 19.2 Å². The maximum atomic E-state index is 12.8. The summed E-state index contributed by atoms with van der Waals surface area (Å²) in [4.78, 5) is 52.0. The highest BCUT2D eigenvalue weighted by Crippen LogP contribution is 2.28. The highest BCUT2D eigenvalue weighted by Gasteiger charge is 2.40. The van der Waals surface area contributed by atoms with E-state index in [9.17, 15) is 58.7 Å². The van der Waals surface area contributed by atoms with Crippen LogP contribution in [0.15, 0.2) is 0 Å². The van der Waals surface area contributed by atoms with Crippen LogP contribution in [0.2, 0.25) is 0 Å². The molecule has 0 bridgehead atoms. The van der Waals surface area contributed by atoms with E-state index in [1.165, 1.54) is 24.0 Å².